The molecule has 0 saturated carbocycles. The number of hydrogen-bond donors (Lipinski definition) is 2. The summed E-state index contributed by atoms with van der Waals surface area (Å²) < 4.78 is 0. The predicted molar refractivity (Wildman–Crippen MR) is 129 cm³/mol. The highest BCUT2D eigenvalue weighted by molar-refractivity contribution is 7.20. The van der Waals surface area contributed by atoms with Crippen molar-refractivity contribution in [1.82, 2.24) is 20.2 Å². The summed E-state index contributed by atoms with van der Waals surface area (Å²) in [5, 5.41) is 4.73. The van der Waals surface area contributed by atoms with Crippen LogP contribution in [0.5, 0.6) is 0 Å². The van der Waals surface area contributed by atoms with Crippen LogP contribution in [0.2, 0.25) is 10.0 Å². The van der Waals surface area contributed by atoms with E-state index in [4.69, 9.17) is 28.9 Å². The van der Waals surface area contributed by atoms with E-state index in [0.29, 0.717) is 32.0 Å². The van der Waals surface area contributed by atoms with Crippen LogP contribution in [0.25, 0.3) is 21.5 Å². The number of carbonyl (C=O) groups is 1. The van der Waals surface area contributed by atoms with Gasteiger partial charge in [0.15, 0.2) is 0 Å². The molecule has 0 atom stereocenters. The number of anilines is 1. The highest BCUT2D eigenvalue weighted by Gasteiger charge is 2.19. The molecule has 3 heterocycles. The molecule has 1 aromatic carbocycles. The number of nitrogen functional groups attached to an aromatic ring is 1. The fraction of sp³-hybridized carbons (Fsp3) is 0.409. The highest BCUT2D eigenvalue weighted by Crippen LogP contribution is 2.38. The normalized spacial score (nSPS) is 14.4. The number of thiophene rings is 1. The molecule has 0 spiro atoms. The number of nitrogens with one attached hydrogen (secondary N) is 1. The van der Waals surface area contributed by atoms with Gasteiger partial charge >= 0.3 is 0 Å². The van der Waals surface area contributed by atoms with Crippen LogP contribution in [0, 0.1) is 0 Å². The van der Waals surface area contributed by atoms with Crippen molar-refractivity contribution in [3.8, 4) is 11.3 Å². The van der Waals surface area contributed by atoms with Gasteiger partial charge in [0, 0.05) is 22.5 Å². The van der Waals surface area contributed by atoms with Crippen molar-refractivity contribution in [3.63, 3.8) is 0 Å². The van der Waals surface area contributed by atoms with Gasteiger partial charge in [0.1, 0.15) is 4.83 Å². The largest absolute Gasteiger partial charge is 0.368 e. The Labute approximate surface area is 195 Å². The third kappa shape index (κ3) is 4.95. The molecule has 164 valence electrons. The SMILES string of the molecule is CCNC(=O)c1cc2c(-c3cc(CCCN4CCCC4)c(Cl)cc3Cl)nc(N)nc2s1. The summed E-state index contributed by atoms with van der Waals surface area (Å²) in [5.74, 6) is 0.00762. The molecule has 0 bridgehead atoms. The molecule has 0 radical (unpaired) electrons. The molecule has 1 saturated heterocycles. The molecule has 9 heteroatoms. The van der Waals surface area contributed by atoms with Gasteiger partial charge in [-0.2, -0.15) is 0 Å². The Hall–Kier alpha value is -1.93. The third-order valence-corrected chi connectivity index (χ3v) is 7.17. The molecule has 1 aliphatic heterocycles. The maximum Gasteiger partial charge on any atom is 0.261 e. The van der Waals surface area contributed by atoms with E-state index in [-0.39, 0.29) is 11.9 Å². The number of hydrogen-bond acceptors (Lipinski definition) is 6. The number of rotatable bonds is 7. The molecule has 1 aliphatic rings. The molecule has 3 aromatic rings. The Morgan fingerprint density at radius 2 is 1.97 bits per heavy atom. The van der Waals surface area contributed by atoms with Crippen LogP contribution in [-0.2, 0) is 6.42 Å². The van der Waals surface area contributed by atoms with E-state index in [1.165, 1.54) is 37.3 Å². The molecule has 1 fully saturated rings. The van der Waals surface area contributed by atoms with Crippen LogP contribution < -0.4 is 11.1 Å². The van der Waals surface area contributed by atoms with Gasteiger partial charge in [-0.15, -0.1) is 11.3 Å². The standard InChI is InChI=1S/C22H25Cl2N5OS/c1-2-26-20(30)18-11-15-19(27-22(25)28-21(15)31-18)14-10-13(16(23)12-17(14)24)6-5-9-29-7-3-4-8-29/h10-12H,2-9H2,1H3,(H,26,30)(H2,25,27,28). The second-order valence-corrected chi connectivity index (χ2v) is 9.54. The lowest BCUT2D eigenvalue weighted by molar-refractivity contribution is 0.0960. The summed E-state index contributed by atoms with van der Waals surface area (Å²) >= 11 is 14.4. The summed E-state index contributed by atoms with van der Waals surface area (Å²) in [4.78, 5) is 24.8. The Morgan fingerprint density at radius 3 is 2.71 bits per heavy atom. The average molecular weight is 478 g/mol. The van der Waals surface area contributed by atoms with Gasteiger partial charge in [0.05, 0.1) is 15.6 Å². The Kier molecular flexibility index (Phi) is 6.96. The fourth-order valence-electron chi connectivity index (χ4n) is 3.97. The monoisotopic (exact) mass is 477 g/mol. The van der Waals surface area contributed by atoms with Crippen LogP contribution in [0.1, 0.15) is 41.4 Å². The zero-order chi connectivity index (χ0) is 22.0. The van der Waals surface area contributed by atoms with Crippen molar-refractivity contribution >= 4 is 56.6 Å². The minimum Gasteiger partial charge on any atom is -0.368 e. The van der Waals surface area contributed by atoms with Crippen molar-refractivity contribution in [3.05, 3.63) is 38.7 Å². The maximum atomic E-state index is 12.3. The Morgan fingerprint density at radius 1 is 1.19 bits per heavy atom. The molecule has 6 nitrogen and oxygen atoms in total. The van der Waals surface area contributed by atoms with Gasteiger partial charge in [-0.1, -0.05) is 23.2 Å². The van der Waals surface area contributed by atoms with E-state index < -0.39 is 0 Å². The topological polar surface area (TPSA) is 84.1 Å². The molecule has 0 aliphatic carbocycles. The highest BCUT2D eigenvalue weighted by atomic mass is 35.5. The van der Waals surface area contributed by atoms with Gasteiger partial charge in [-0.05, 0) is 76.0 Å². The second kappa shape index (κ2) is 9.69. The van der Waals surface area contributed by atoms with Crippen LogP contribution in [0.4, 0.5) is 5.95 Å². The number of amides is 1. The van der Waals surface area contributed by atoms with Crippen LogP contribution in [0.15, 0.2) is 18.2 Å². The van der Waals surface area contributed by atoms with Gasteiger partial charge in [0.25, 0.3) is 5.91 Å². The Bertz CT molecular complexity index is 1110. The zero-order valence-corrected chi connectivity index (χ0v) is 19.7. The smallest absolute Gasteiger partial charge is 0.261 e. The molecule has 2 aromatic heterocycles. The van der Waals surface area contributed by atoms with E-state index in [2.05, 4.69) is 20.2 Å². The van der Waals surface area contributed by atoms with E-state index in [0.717, 1.165) is 35.9 Å². The van der Waals surface area contributed by atoms with Gasteiger partial charge in [0.2, 0.25) is 5.95 Å². The summed E-state index contributed by atoms with van der Waals surface area (Å²) in [6.07, 6.45) is 4.46. The van der Waals surface area contributed by atoms with Crippen molar-refractivity contribution in [2.75, 3.05) is 31.9 Å². The quantitative estimate of drug-likeness (QED) is 0.498. The van der Waals surface area contributed by atoms with Gasteiger partial charge < -0.3 is 16.0 Å². The van der Waals surface area contributed by atoms with E-state index in [9.17, 15) is 4.79 Å². The first-order chi connectivity index (χ1) is 15.0. The van der Waals surface area contributed by atoms with Gasteiger partial charge in [-0.3, -0.25) is 4.79 Å². The van der Waals surface area contributed by atoms with Crippen LogP contribution in [0.3, 0.4) is 0 Å². The first kappa shape index (κ1) is 22.3. The van der Waals surface area contributed by atoms with Crippen molar-refractivity contribution in [1.29, 1.82) is 0 Å². The number of carbonyl (C=O) groups excluding carboxylic acids is 1. The molecule has 4 rings (SSSR count). The van der Waals surface area contributed by atoms with Crippen LogP contribution >= 0.6 is 34.5 Å². The lowest BCUT2D eigenvalue weighted by Gasteiger charge is -2.15. The minimum atomic E-state index is -0.139. The summed E-state index contributed by atoms with van der Waals surface area (Å²) in [7, 11) is 0. The van der Waals surface area contributed by atoms with Gasteiger partial charge in [-0.25, -0.2) is 9.97 Å². The summed E-state index contributed by atoms with van der Waals surface area (Å²) in [6, 6.07) is 5.57. The molecular formula is C22H25Cl2N5OS. The maximum absolute atomic E-state index is 12.3. The summed E-state index contributed by atoms with van der Waals surface area (Å²) in [5.41, 5.74) is 8.39. The molecule has 31 heavy (non-hydrogen) atoms. The number of aryl methyl sites for hydroxylation is 1. The lowest BCUT2D eigenvalue weighted by atomic mass is 10.0. The number of nitrogens with two attached hydrogens (primary N) is 1. The van der Waals surface area contributed by atoms with Crippen LogP contribution in [-0.4, -0.2) is 47.0 Å². The molecule has 3 N–H and O–H groups in total. The first-order valence-corrected chi connectivity index (χ1v) is 12.1. The van der Waals surface area contributed by atoms with E-state index in [1.54, 1.807) is 12.1 Å². The van der Waals surface area contributed by atoms with Crippen molar-refractivity contribution < 1.29 is 4.79 Å². The second-order valence-electron chi connectivity index (χ2n) is 7.70. The summed E-state index contributed by atoms with van der Waals surface area (Å²) in [6.45, 7) is 5.87. The number of halogens is 2. The van der Waals surface area contributed by atoms with Crippen molar-refractivity contribution in [2.24, 2.45) is 0 Å². The number of likely N-dealkylation sites (tertiary alicyclic amines) is 1. The number of nitrogens with zero attached hydrogens (tertiary/aromatic N) is 3. The third-order valence-electron chi connectivity index (χ3n) is 5.48. The number of fused-ring (bicyclic) bond motifs is 1. The molecule has 0 unspecified atom stereocenters. The van der Waals surface area contributed by atoms with Crippen molar-refractivity contribution in [2.45, 2.75) is 32.6 Å². The molecular weight excluding hydrogens is 453 g/mol. The lowest BCUT2D eigenvalue weighted by Crippen LogP contribution is -2.21. The predicted octanol–water partition coefficient (Wildman–Crippen LogP) is 5.03. The first-order valence-electron chi connectivity index (χ1n) is 10.5. The average Bonchev–Trinajstić information content (AvgIpc) is 3.39. The zero-order valence-electron chi connectivity index (χ0n) is 17.4. The minimum absolute atomic E-state index is 0.139. The molecule has 1 amide bonds. The Balaban J connectivity index is 1.68. The van der Waals surface area contributed by atoms with E-state index in [1.807, 2.05) is 13.0 Å². The number of aromatic nitrogens is 2. The van der Waals surface area contributed by atoms with E-state index >= 15 is 0 Å². The fourth-order valence-corrected chi connectivity index (χ4v) is 5.49. The number of benzene rings is 1.